The summed E-state index contributed by atoms with van der Waals surface area (Å²) < 4.78 is 10.5. The monoisotopic (exact) mass is 449 g/mol. The Morgan fingerprint density at radius 2 is 2.06 bits per heavy atom. The molecule has 2 aromatic heterocycles. The van der Waals surface area contributed by atoms with Gasteiger partial charge in [-0.25, -0.2) is 9.97 Å². The summed E-state index contributed by atoms with van der Waals surface area (Å²) >= 11 is 0. The average Bonchev–Trinajstić information content (AvgIpc) is 3.30. The highest BCUT2D eigenvalue weighted by Gasteiger charge is 2.29. The molecule has 9 nitrogen and oxygen atoms in total. The number of anilines is 1. The number of aromatic nitrogens is 3. The van der Waals surface area contributed by atoms with Gasteiger partial charge >= 0.3 is 0 Å². The Morgan fingerprint density at radius 3 is 2.79 bits per heavy atom. The van der Waals surface area contributed by atoms with Gasteiger partial charge in [0.25, 0.3) is 5.91 Å². The Balaban J connectivity index is 1.60. The van der Waals surface area contributed by atoms with E-state index in [4.69, 9.17) is 14.2 Å². The molecule has 0 unspecified atom stereocenters. The van der Waals surface area contributed by atoms with Gasteiger partial charge in [0.1, 0.15) is 17.4 Å². The Morgan fingerprint density at radius 1 is 1.24 bits per heavy atom. The summed E-state index contributed by atoms with van der Waals surface area (Å²) in [5.74, 6) is 1.68. The number of fused-ring (bicyclic) bond motifs is 1. The molecule has 1 aromatic carbocycles. The number of carbonyl (C=O) groups is 2. The summed E-state index contributed by atoms with van der Waals surface area (Å²) in [5.41, 5.74) is 3.43. The second-order valence-electron chi connectivity index (χ2n) is 8.06. The molecule has 172 valence electrons. The standard InChI is InChI=1S/C24H27N5O4/c1-5-17-12-20(33-27-17)24(31)28(3)14-21-25-15(2)19-9-10-22(30)29(23(19)26-21)13-16-7-6-8-18(11-16)32-4/h6-8,11-12H,5,9-10,13-14H2,1-4H3. The average molecular weight is 450 g/mol. The van der Waals surface area contributed by atoms with Crippen LogP contribution in [0.25, 0.3) is 0 Å². The lowest BCUT2D eigenvalue weighted by Gasteiger charge is -2.30. The zero-order chi connectivity index (χ0) is 23.5. The van der Waals surface area contributed by atoms with Crippen molar-refractivity contribution in [2.24, 2.45) is 0 Å². The largest absolute Gasteiger partial charge is 0.497 e. The molecule has 0 saturated carbocycles. The quantitative estimate of drug-likeness (QED) is 0.546. The molecule has 3 aromatic rings. The number of carbonyl (C=O) groups excluding carboxylic acids is 2. The first kappa shape index (κ1) is 22.4. The first-order valence-electron chi connectivity index (χ1n) is 10.9. The summed E-state index contributed by atoms with van der Waals surface area (Å²) in [6.45, 7) is 4.41. The minimum absolute atomic E-state index is 0.00700. The fourth-order valence-electron chi connectivity index (χ4n) is 3.88. The number of benzene rings is 1. The molecule has 0 N–H and O–H groups in total. The van der Waals surface area contributed by atoms with Gasteiger partial charge in [-0.15, -0.1) is 0 Å². The molecule has 1 aliphatic heterocycles. The third-order valence-corrected chi connectivity index (χ3v) is 5.72. The predicted octanol–water partition coefficient (Wildman–Crippen LogP) is 3.10. The van der Waals surface area contributed by atoms with Crippen molar-refractivity contribution in [1.82, 2.24) is 20.0 Å². The molecule has 0 radical (unpaired) electrons. The molecule has 0 spiro atoms. The number of aryl methyl sites for hydroxylation is 2. The van der Waals surface area contributed by atoms with E-state index in [1.54, 1.807) is 25.1 Å². The lowest BCUT2D eigenvalue weighted by atomic mass is 10.0. The molecule has 0 aliphatic carbocycles. The van der Waals surface area contributed by atoms with E-state index in [0.29, 0.717) is 37.4 Å². The van der Waals surface area contributed by atoms with Crippen molar-refractivity contribution in [3.05, 3.63) is 64.4 Å². The highest BCUT2D eigenvalue weighted by Crippen LogP contribution is 2.30. The number of ether oxygens (including phenoxy) is 1. The van der Waals surface area contributed by atoms with Gasteiger partial charge in [-0.1, -0.05) is 24.2 Å². The maximum absolute atomic E-state index is 12.8. The number of nitrogens with zero attached hydrogens (tertiary/aromatic N) is 5. The second-order valence-corrected chi connectivity index (χ2v) is 8.06. The van der Waals surface area contributed by atoms with Crippen molar-refractivity contribution in [2.45, 2.75) is 46.2 Å². The van der Waals surface area contributed by atoms with Crippen LogP contribution in [-0.4, -0.2) is 46.0 Å². The summed E-state index contributed by atoms with van der Waals surface area (Å²) in [7, 11) is 3.27. The van der Waals surface area contributed by atoms with Crippen molar-refractivity contribution >= 4 is 17.6 Å². The molecule has 2 amide bonds. The maximum atomic E-state index is 12.8. The van der Waals surface area contributed by atoms with Gasteiger partial charge < -0.3 is 14.2 Å². The lowest BCUT2D eigenvalue weighted by molar-refractivity contribution is -0.119. The zero-order valence-corrected chi connectivity index (χ0v) is 19.3. The molecule has 0 bridgehead atoms. The number of amides is 2. The third kappa shape index (κ3) is 4.72. The van der Waals surface area contributed by atoms with E-state index >= 15 is 0 Å². The molecule has 0 saturated heterocycles. The van der Waals surface area contributed by atoms with Crippen LogP contribution in [0.1, 0.15) is 52.2 Å². The summed E-state index contributed by atoms with van der Waals surface area (Å²) in [6.07, 6.45) is 1.69. The first-order valence-corrected chi connectivity index (χ1v) is 10.9. The van der Waals surface area contributed by atoms with Crippen LogP contribution in [0.15, 0.2) is 34.9 Å². The van der Waals surface area contributed by atoms with Crippen LogP contribution in [0.2, 0.25) is 0 Å². The van der Waals surface area contributed by atoms with Crippen molar-refractivity contribution in [3.8, 4) is 5.75 Å². The van der Waals surface area contributed by atoms with E-state index in [1.165, 1.54) is 4.90 Å². The van der Waals surface area contributed by atoms with Crippen LogP contribution >= 0.6 is 0 Å². The van der Waals surface area contributed by atoms with Crippen LogP contribution in [0.4, 0.5) is 5.82 Å². The third-order valence-electron chi connectivity index (χ3n) is 5.72. The molecule has 0 fully saturated rings. The molecule has 4 rings (SSSR count). The molecule has 0 atom stereocenters. The van der Waals surface area contributed by atoms with Crippen molar-refractivity contribution < 1.29 is 18.8 Å². The van der Waals surface area contributed by atoms with Crippen LogP contribution in [0.5, 0.6) is 5.75 Å². The smallest absolute Gasteiger partial charge is 0.292 e. The van der Waals surface area contributed by atoms with Gasteiger partial charge in [0.2, 0.25) is 11.7 Å². The SMILES string of the molecule is CCc1cc(C(=O)N(C)Cc2nc(C)c3c(n2)N(Cc2cccc(OC)c2)C(=O)CC3)on1. The first-order chi connectivity index (χ1) is 15.9. The van der Waals surface area contributed by atoms with E-state index in [2.05, 4.69) is 10.1 Å². The Bertz CT molecular complexity index is 1190. The Hall–Kier alpha value is -3.75. The highest BCUT2D eigenvalue weighted by molar-refractivity contribution is 5.95. The van der Waals surface area contributed by atoms with Gasteiger partial charge in [0, 0.05) is 30.8 Å². The van der Waals surface area contributed by atoms with Crippen LogP contribution in [-0.2, 0) is 30.7 Å². The molecular weight excluding hydrogens is 422 g/mol. The van der Waals surface area contributed by atoms with Crippen LogP contribution in [0, 0.1) is 6.92 Å². The highest BCUT2D eigenvalue weighted by atomic mass is 16.5. The molecule has 3 heterocycles. The lowest BCUT2D eigenvalue weighted by Crippen LogP contribution is -2.36. The normalized spacial score (nSPS) is 13.1. The van der Waals surface area contributed by atoms with Crippen LogP contribution in [0.3, 0.4) is 0 Å². The van der Waals surface area contributed by atoms with Crippen molar-refractivity contribution in [3.63, 3.8) is 0 Å². The van der Waals surface area contributed by atoms with Crippen molar-refractivity contribution in [2.75, 3.05) is 19.1 Å². The molecule has 33 heavy (non-hydrogen) atoms. The maximum Gasteiger partial charge on any atom is 0.292 e. The Kier molecular flexibility index (Phi) is 6.39. The van der Waals surface area contributed by atoms with E-state index in [-0.39, 0.29) is 24.1 Å². The summed E-state index contributed by atoms with van der Waals surface area (Å²) in [6, 6.07) is 9.27. The molecule has 1 aliphatic rings. The van der Waals surface area contributed by atoms with Gasteiger partial charge in [-0.2, -0.15) is 0 Å². The molecular formula is C24H27N5O4. The van der Waals surface area contributed by atoms with Gasteiger partial charge in [0.15, 0.2) is 0 Å². The summed E-state index contributed by atoms with van der Waals surface area (Å²) in [5, 5.41) is 3.88. The van der Waals surface area contributed by atoms with E-state index in [0.717, 1.165) is 28.3 Å². The second kappa shape index (κ2) is 9.40. The minimum atomic E-state index is -0.300. The topological polar surface area (TPSA) is 102 Å². The minimum Gasteiger partial charge on any atom is -0.497 e. The number of hydrogen-bond donors (Lipinski definition) is 0. The van der Waals surface area contributed by atoms with Crippen molar-refractivity contribution in [1.29, 1.82) is 0 Å². The van der Waals surface area contributed by atoms with Gasteiger partial charge in [-0.05, 0) is 37.5 Å². The van der Waals surface area contributed by atoms with E-state index in [1.807, 2.05) is 38.1 Å². The fourth-order valence-corrected chi connectivity index (χ4v) is 3.88. The predicted molar refractivity (Wildman–Crippen MR) is 121 cm³/mol. The zero-order valence-electron chi connectivity index (χ0n) is 19.3. The Labute approximate surface area is 192 Å². The fraction of sp³-hybridized carbons (Fsp3) is 0.375. The van der Waals surface area contributed by atoms with Gasteiger partial charge in [0.05, 0.1) is 25.9 Å². The van der Waals surface area contributed by atoms with E-state index < -0.39 is 0 Å². The number of rotatable bonds is 7. The number of hydrogen-bond acceptors (Lipinski definition) is 7. The molecule has 9 heteroatoms. The summed E-state index contributed by atoms with van der Waals surface area (Å²) in [4.78, 5) is 38.1. The van der Waals surface area contributed by atoms with E-state index in [9.17, 15) is 9.59 Å². The van der Waals surface area contributed by atoms with Gasteiger partial charge in [-0.3, -0.25) is 14.5 Å². The number of methoxy groups -OCH3 is 1. The van der Waals surface area contributed by atoms with Crippen LogP contribution < -0.4 is 9.64 Å².